The number of hydrogen-bond donors (Lipinski definition) is 1. The zero-order chi connectivity index (χ0) is 19.6. The highest BCUT2D eigenvalue weighted by Gasteiger charge is 2.36. The molecule has 2 heterocycles. The summed E-state index contributed by atoms with van der Waals surface area (Å²) in [4.78, 5) is 54.2. The summed E-state index contributed by atoms with van der Waals surface area (Å²) in [6, 6.07) is 1.29. The van der Waals surface area contributed by atoms with Crippen molar-refractivity contribution >= 4 is 11.8 Å². The standard InChI is InChI=1S/C19H28N4O4.CH4/c1-13(2)15-12-22(10-7-18(26)23(15)11-14-3-4-14)17(25)6-9-21-8-5-16(24)20-19(21)27;/h5,8,13-15H,3-4,6-7,9-12H2,1-2H3,(H,20,24,27);1H4. The van der Waals surface area contributed by atoms with Crippen LogP contribution in [0.1, 0.15) is 47.0 Å². The number of carbonyl (C=O) groups excluding carboxylic acids is 2. The molecule has 1 aromatic rings. The van der Waals surface area contributed by atoms with Gasteiger partial charge in [0.25, 0.3) is 5.56 Å². The number of carbonyl (C=O) groups is 2. The lowest BCUT2D eigenvalue weighted by Crippen LogP contribution is -2.48. The molecule has 8 nitrogen and oxygen atoms in total. The summed E-state index contributed by atoms with van der Waals surface area (Å²) >= 11 is 0. The van der Waals surface area contributed by atoms with E-state index in [2.05, 4.69) is 18.8 Å². The summed E-state index contributed by atoms with van der Waals surface area (Å²) < 4.78 is 1.32. The van der Waals surface area contributed by atoms with Crippen LogP contribution in [0.3, 0.4) is 0 Å². The number of aromatic nitrogens is 2. The molecule has 156 valence electrons. The zero-order valence-corrected chi connectivity index (χ0v) is 16.0. The Labute approximate surface area is 165 Å². The topological polar surface area (TPSA) is 95.5 Å². The summed E-state index contributed by atoms with van der Waals surface area (Å²) in [7, 11) is 0. The molecule has 2 fully saturated rings. The van der Waals surface area contributed by atoms with Crippen molar-refractivity contribution in [2.75, 3.05) is 19.6 Å². The van der Waals surface area contributed by atoms with Crippen LogP contribution in [0.15, 0.2) is 21.9 Å². The minimum absolute atomic E-state index is 0. The molecule has 1 saturated carbocycles. The second-order valence-electron chi connectivity index (χ2n) is 7.94. The molecule has 1 aliphatic carbocycles. The molecule has 0 radical (unpaired) electrons. The van der Waals surface area contributed by atoms with Gasteiger partial charge >= 0.3 is 5.69 Å². The summed E-state index contributed by atoms with van der Waals surface area (Å²) in [5, 5.41) is 0. The van der Waals surface area contributed by atoms with Gasteiger partial charge in [0.1, 0.15) is 0 Å². The highest BCUT2D eigenvalue weighted by Crippen LogP contribution is 2.32. The normalized spacial score (nSPS) is 20.1. The van der Waals surface area contributed by atoms with Crippen molar-refractivity contribution in [3.63, 3.8) is 0 Å². The summed E-state index contributed by atoms with van der Waals surface area (Å²) in [5.74, 6) is 0.944. The first-order chi connectivity index (χ1) is 12.8. The van der Waals surface area contributed by atoms with Crippen molar-refractivity contribution in [1.29, 1.82) is 0 Å². The first kappa shape index (κ1) is 21.9. The van der Waals surface area contributed by atoms with Crippen molar-refractivity contribution in [3.8, 4) is 0 Å². The van der Waals surface area contributed by atoms with Crippen LogP contribution in [0.4, 0.5) is 0 Å². The van der Waals surface area contributed by atoms with Crippen LogP contribution in [-0.4, -0.2) is 56.8 Å². The number of H-pyrrole nitrogens is 1. The smallest absolute Gasteiger partial charge is 0.328 e. The van der Waals surface area contributed by atoms with Crippen molar-refractivity contribution in [1.82, 2.24) is 19.4 Å². The van der Waals surface area contributed by atoms with Crippen molar-refractivity contribution < 1.29 is 9.59 Å². The largest absolute Gasteiger partial charge is 0.340 e. The van der Waals surface area contributed by atoms with E-state index in [1.807, 2.05) is 4.90 Å². The SMILES string of the molecule is C.CC(C)C1CN(C(=O)CCn2ccc(=O)[nH]c2=O)CCC(=O)N1CC1CC1. The molecule has 1 saturated heterocycles. The second kappa shape index (κ2) is 9.21. The van der Waals surface area contributed by atoms with E-state index in [4.69, 9.17) is 0 Å². The van der Waals surface area contributed by atoms with Crippen LogP contribution in [0.5, 0.6) is 0 Å². The number of nitrogens with one attached hydrogen (secondary N) is 1. The number of aryl methyl sites for hydroxylation is 1. The van der Waals surface area contributed by atoms with Gasteiger partial charge in [0.05, 0.1) is 6.04 Å². The van der Waals surface area contributed by atoms with Crippen LogP contribution in [0, 0.1) is 11.8 Å². The predicted molar refractivity (Wildman–Crippen MR) is 107 cm³/mol. The molecule has 28 heavy (non-hydrogen) atoms. The molecule has 1 aromatic heterocycles. The van der Waals surface area contributed by atoms with E-state index >= 15 is 0 Å². The maximum Gasteiger partial charge on any atom is 0.328 e. The van der Waals surface area contributed by atoms with Gasteiger partial charge in [-0.2, -0.15) is 0 Å². The Morgan fingerprint density at radius 2 is 1.96 bits per heavy atom. The lowest BCUT2D eigenvalue weighted by atomic mass is 10.0. The number of rotatable bonds is 6. The Kier molecular flexibility index (Phi) is 7.21. The summed E-state index contributed by atoms with van der Waals surface area (Å²) in [6.45, 7) is 6.14. The second-order valence-corrected chi connectivity index (χ2v) is 7.94. The van der Waals surface area contributed by atoms with Gasteiger partial charge in [-0.15, -0.1) is 0 Å². The molecule has 1 N–H and O–H groups in total. The van der Waals surface area contributed by atoms with Gasteiger partial charge < -0.3 is 14.4 Å². The van der Waals surface area contributed by atoms with Crippen molar-refractivity contribution in [2.24, 2.45) is 11.8 Å². The third kappa shape index (κ3) is 5.33. The fourth-order valence-corrected chi connectivity index (χ4v) is 3.58. The third-order valence-corrected chi connectivity index (χ3v) is 5.46. The lowest BCUT2D eigenvalue weighted by molar-refractivity contribution is -0.134. The van der Waals surface area contributed by atoms with Gasteiger partial charge in [0, 0.05) is 51.3 Å². The Morgan fingerprint density at radius 3 is 2.57 bits per heavy atom. The summed E-state index contributed by atoms with van der Waals surface area (Å²) in [6.07, 6.45) is 4.28. The van der Waals surface area contributed by atoms with Gasteiger partial charge in [-0.05, 0) is 24.7 Å². The van der Waals surface area contributed by atoms with E-state index in [0.29, 0.717) is 25.4 Å². The fourth-order valence-electron chi connectivity index (χ4n) is 3.58. The molecule has 0 spiro atoms. The van der Waals surface area contributed by atoms with Crippen LogP contribution < -0.4 is 11.2 Å². The predicted octanol–water partition coefficient (Wildman–Crippen LogP) is 1.06. The van der Waals surface area contributed by atoms with Crippen molar-refractivity contribution in [3.05, 3.63) is 33.1 Å². The number of nitrogens with zero attached hydrogens (tertiary/aromatic N) is 3. The lowest BCUT2D eigenvalue weighted by Gasteiger charge is -2.34. The minimum Gasteiger partial charge on any atom is -0.340 e. The van der Waals surface area contributed by atoms with E-state index < -0.39 is 11.2 Å². The Morgan fingerprint density at radius 1 is 1.25 bits per heavy atom. The van der Waals surface area contributed by atoms with E-state index in [-0.39, 0.29) is 44.2 Å². The van der Waals surface area contributed by atoms with Crippen LogP contribution in [0.2, 0.25) is 0 Å². The van der Waals surface area contributed by atoms with E-state index in [0.717, 1.165) is 6.54 Å². The molecule has 0 bridgehead atoms. The summed E-state index contributed by atoms with van der Waals surface area (Å²) in [5.41, 5.74) is -0.971. The molecule has 2 amide bonds. The van der Waals surface area contributed by atoms with Gasteiger partial charge in [-0.3, -0.25) is 19.4 Å². The quantitative estimate of drug-likeness (QED) is 0.783. The molecule has 3 rings (SSSR count). The molecular formula is C20H32N4O4. The first-order valence-corrected chi connectivity index (χ1v) is 9.72. The Balaban J connectivity index is 0.00000280. The molecule has 2 aliphatic rings. The van der Waals surface area contributed by atoms with Gasteiger partial charge in [0.15, 0.2) is 0 Å². The van der Waals surface area contributed by atoms with Crippen LogP contribution in [0.25, 0.3) is 0 Å². The van der Waals surface area contributed by atoms with Gasteiger partial charge in [-0.1, -0.05) is 21.3 Å². The van der Waals surface area contributed by atoms with Gasteiger partial charge in [0.2, 0.25) is 11.8 Å². The fraction of sp³-hybridized carbons (Fsp3) is 0.700. The maximum atomic E-state index is 12.7. The zero-order valence-electron chi connectivity index (χ0n) is 16.0. The average Bonchev–Trinajstić information content (AvgIpc) is 3.43. The highest BCUT2D eigenvalue weighted by molar-refractivity contribution is 5.80. The van der Waals surface area contributed by atoms with E-state index in [1.54, 1.807) is 4.90 Å². The van der Waals surface area contributed by atoms with E-state index in [1.165, 1.54) is 29.7 Å². The molecule has 8 heteroatoms. The number of aromatic amines is 1. The first-order valence-electron chi connectivity index (χ1n) is 9.72. The van der Waals surface area contributed by atoms with Crippen molar-refractivity contribution in [2.45, 2.75) is 59.5 Å². The number of amides is 2. The Hall–Kier alpha value is -2.38. The number of hydrogen-bond acceptors (Lipinski definition) is 4. The monoisotopic (exact) mass is 392 g/mol. The Bertz CT molecular complexity index is 809. The molecular weight excluding hydrogens is 360 g/mol. The highest BCUT2D eigenvalue weighted by atomic mass is 16.2. The molecule has 0 aromatic carbocycles. The molecule has 1 aliphatic heterocycles. The third-order valence-electron chi connectivity index (χ3n) is 5.46. The average molecular weight is 393 g/mol. The minimum atomic E-state index is -0.517. The maximum absolute atomic E-state index is 12.7. The van der Waals surface area contributed by atoms with Gasteiger partial charge in [-0.25, -0.2) is 4.79 Å². The van der Waals surface area contributed by atoms with E-state index in [9.17, 15) is 19.2 Å². The van der Waals surface area contributed by atoms with Crippen LogP contribution in [-0.2, 0) is 16.1 Å². The van der Waals surface area contributed by atoms with Crippen LogP contribution >= 0.6 is 0 Å². The molecule has 1 unspecified atom stereocenters. The molecule has 1 atom stereocenters.